The van der Waals surface area contributed by atoms with Crippen molar-refractivity contribution in [3.63, 3.8) is 0 Å². The molecule has 0 spiro atoms. The van der Waals surface area contributed by atoms with Crippen LogP contribution in [0.15, 0.2) is 55.8 Å². The van der Waals surface area contributed by atoms with E-state index < -0.39 is 6.10 Å². The number of hydrogen-bond donors (Lipinski definition) is 0. The number of thioether (sulfide) groups is 1. The fraction of sp³-hybridized carbons (Fsp3) is 0.552. The van der Waals surface area contributed by atoms with Crippen LogP contribution in [-0.4, -0.2) is 63.7 Å². The molecule has 10 nitrogen and oxygen atoms in total. The maximum Gasteiger partial charge on any atom is 0.332 e. The van der Waals surface area contributed by atoms with Gasteiger partial charge in [-0.2, -0.15) is 0 Å². The van der Waals surface area contributed by atoms with E-state index in [4.69, 9.17) is 18.6 Å². The van der Waals surface area contributed by atoms with E-state index in [1.165, 1.54) is 16.3 Å². The summed E-state index contributed by atoms with van der Waals surface area (Å²) in [5.41, 5.74) is 1.00. The first-order valence-corrected chi connectivity index (χ1v) is 16.0. The van der Waals surface area contributed by atoms with Crippen molar-refractivity contribution in [1.82, 2.24) is 18.4 Å². The monoisotopic (exact) mass is 600 g/mol. The highest BCUT2D eigenvalue weighted by atomic mass is 32.2. The van der Waals surface area contributed by atoms with Crippen LogP contribution in [0, 0.1) is 0 Å². The zero-order valence-corrected chi connectivity index (χ0v) is 25.2. The summed E-state index contributed by atoms with van der Waals surface area (Å²) in [6.45, 7) is 6.97. The third-order valence-electron chi connectivity index (χ3n) is 8.07. The van der Waals surface area contributed by atoms with Gasteiger partial charge < -0.3 is 18.6 Å². The maximum atomic E-state index is 14.3. The summed E-state index contributed by atoms with van der Waals surface area (Å²) in [6, 6.07) is 7.60. The molecule has 3 aliphatic heterocycles. The molecule has 2 fully saturated rings. The molecule has 0 bridgehead atoms. The van der Waals surface area contributed by atoms with Crippen LogP contribution >= 0.6 is 23.7 Å². The van der Waals surface area contributed by atoms with E-state index in [9.17, 15) is 9.59 Å². The number of para-hydroxylation sites is 1. The molecule has 3 atom stereocenters. The van der Waals surface area contributed by atoms with Gasteiger partial charge in [0.2, 0.25) is 5.89 Å². The Labute approximate surface area is 247 Å². The second kappa shape index (κ2) is 12.4. The van der Waals surface area contributed by atoms with E-state index in [0.717, 1.165) is 24.2 Å². The summed E-state index contributed by atoms with van der Waals surface area (Å²) < 4.78 is 29.1. The lowest BCUT2D eigenvalue weighted by atomic mass is 9.99. The van der Waals surface area contributed by atoms with Gasteiger partial charge in [-0.1, -0.05) is 55.8 Å². The third-order valence-corrected chi connectivity index (χ3v) is 10.5. The number of methoxy groups -OCH3 is 1. The largest absolute Gasteiger partial charge is 0.496 e. The highest BCUT2D eigenvalue weighted by Gasteiger charge is 2.42. The Morgan fingerprint density at radius 1 is 1.20 bits per heavy atom. The van der Waals surface area contributed by atoms with Crippen LogP contribution in [-0.2, 0) is 16.0 Å². The zero-order valence-electron chi connectivity index (χ0n) is 23.6. The number of hydrogen-bond acceptors (Lipinski definition) is 10. The first kappa shape index (κ1) is 28.6. The predicted molar refractivity (Wildman–Crippen MR) is 158 cm³/mol. The zero-order chi connectivity index (χ0) is 28.5. The number of aromatic nitrogens is 3. The van der Waals surface area contributed by atoms with Gasteiger partial charge in [-0.25, -0.2) is 14.1 Å². The summed E-state index contributed by atoms with van der Waals surface area (Å²) in [5.74, 6) is 2.03. The highest BCUT2D eigenvalue weighted by molar-refractivity contribution is 7.99. The third kappa shape index (κ3) is 5.52. The minimum Gasteiger partial charge on any atom is -0.496 e. The second-order valence-electron chi connectivity index (χ2n) is 10.6. The summed E-state index contributed by atoms with van der Waals surface area (Å²) in [4.78, 5) is 32.7. The van der Waals surface area contributed by atoms with Crippen LogP contribution in [0.2, 0.25) is 0 Å². The number of nitrogens with zero attached hydrogens (tertiary/aromatic N) is 4. The fourth-order valence-corrected chi connectivity index (χ4v) is 8.31. The summed E-state index contributed by atoms with van der Waals surface area (Å²) in [7, 11) is 1.64. The van der Waals surface area contributed by atoms with Crippen molar-refractivity contribution < 1.29 is 18.6 Å². The molecule has 1 aromatic carbocycles. The van der Waals surface area contributed by atoms with Gasteiger partial charge in [0.1, 0.15) is 18.1 Å². The van der Waals surface area contributed by atoms with Crippen molar-refractivity contribution in [3.8, 4) is 5.75 Å². The molecule has 0 aliphatic carbocycles. The van der Waals surface area contributed by atoms with E-state index in [1.54, 1.807) is 36.1 Å². The first-order chi connectivity index (χ1) is 20.0. The average molecular weight is 601 g/mol. The number of fused-ring (bicyclic) bond motifs is 1. The normalized spacial score (nSPS) is 22.4. The van der Waals surface area contributed by atoms with Crippen LogP contribution in [0.5, 0.6) is 5.75 Å². The van der Waals surface area contributed by atoms with Gasteiger partial charge in [-0.05, 0) is 18.9 Å². The van der Waals surface area contributed by atoms with Crippen LogP contribution in [0.25, 0.3) is 0 Å². The summed E-state index contributed by atoms with van der Waals surface area (Å²) >= 11 is 3.21. The highest BCUT2D eigenvalue weighted by Crippen LogP contribution is 2.52. The lowest BCUT2D eigenvalue weighted by Gasteiger charge is -2.39. The Morgan fingerprint density at radius 3 is 2.68 bits per heavy atom. The fourth-order valence-electron chi connectivity index (χ4n) is 5.91. The lowest BCUT2D eigenvalue weighted by Crippen LogP contribution is -2.54. The van der Waals surface area contributed by atoms with Crippen molar-refractivity contribution in [2.24, 2.45) is 0 Å². The molecule has 2 saturated heterocycles. The Balaban J connectivity index is 1.44. The van der Waals surface area contributed by atoms with Gasteiger partial charge in [0.05, 0.1) is 47.8 Å². The molecule has 0 N–H and O–H groups in total. The van der Waals surface area contributed by atoms with E-state index in [1.807, 2.05) is 31.2 Å². The van der Waals surface area contributed by atoms with Gasteiger partial charge in [0, 0.05) is 43.5 Å². The van der Waals surface area contributed by atoms with Crippen molar-refractivity contribution >= 4 is 23.7 Å². The minimum atomic E-state index is -0.466. The number of ether oxygens (including phenoxy) is 3. The molecular weight excluding hydrogens is 564 g/mol. The summed E-state index contributed by atoms with van der Waals surface area (Å²) in [5, 5.41) is 0.463. The van der Waals surface area contributed by atoms with Crippen molar-refractivity contribution in [2.75, 3.05) is 39.2 Å². The van der Waals surface area contributed by atoms with Crippen LogP contribution in [0.1, 0.15) is 67.0 Å². The number of oxazole rings is 1. The van der Waals surface area contributed by atoms with Gasteiger partial charge in [0.15, 0.2) is 0 Å². The molecule has 0 amide bonds. The van der Waals surface area contributed by atoms with Crippen molar-refractivity contribution in [2.45, 2.75) is 67.7 Å². The van der Waals surface area contributed by atoms with Crippen molar-refractivity contribution in [3.05, 3.63) is 74.6 Å². The molecule has 6 rings (SSSR count). The SMILES string of the molecule is CCSN1CC(n2c(=O)c3c(n(CC(OC4CCOCC4)c4ccccc4OC)c2=O)SC(c2ncco2)C3C)C1. The van der Waals surface area contributed by atoms with Gasteiger partial charge >= 0.3 is 5.69 Å². The topological polar surface area (TPSA) is 101 Å². The van der Waals surface area contributed by atoms with E-state index in [-0.39, 0.29) is 41.1 Å². The van der Waals surface area contributed by atoms with Gasteiger partial charge in [0.25, 0.3) is 5.56 Å². The molecule has 5 heterocycles. The Kier molecular flexibility index (Phi) is 8.64. The Bertz CT molecular complexity index is 1460. The van der Waals surface area contributed by atoms with E-state index in [2.05, 4.69) is 16.2 Å². The van der Waals surface area contributed by atoms with Crippen LogP contribution < -0.4 is 16.0 Å². The van der Waals surface area contributed by atoms with Crippen molar-refractivity contribution in [1.29, 1.82) is 0 Å². The smallest absolute Gasteiger partial charge is 0.332 e. The quantitative estimate of drug-likeness (QED) is 0.246. The van der Waals surface area contributed by atoms with E-state index >= 15 is 0 Å². The molecule has 12 heteroatoms. The maximum absolute atomic E-state index is 14.3. The molecule has 3 aromatic rings. The Morgan fingerprint density at radius 2 is 1.98 bits per heavy atom. The minimum absolute atomic E-state index is 0.00813. The molecule has 0 radical (unpaired) electrons. The van der Waals surface area contributed by atoms with Crippen LogP contribution in [0.4, 0.5) is 0 Å². The molecule has 3 aliphatic rings. The van der Waals surface area contributed by atoms with Gasteiger partial charge in [-0.3, -0.25) is 13.9 Å². The molecular formula is C29H36N4O6S2. The van der Waals surface area contributed by atoms with Crippen LogP contribution in [0.3, 0.4) is 0 Å². The Hall–Kier alpha value is -2.51. The number of benzene rings is 1. The molecule has 2 aromatic heterocycles. The second-order valence-corrected chi connectivity index (χ2v) is 13.1. The van der Waals surface area contributed by atoms with E-state index in [0.29, 0.717) is 48.5 Å². The summed E-state index contributed by atoms with van der Waals surface area (Å²) in [6.07, 6.45) is 4.25. The number of rotatable bonds is 10. The lowest BCUT2D eigenvalue weighted by molar-refractivity contribution is -0.0764. The molecule has 220 valence electrons. The predicted octanol–water partition coefficient (Wildman–Crippen LogP) is 4.42. The average Bonchev–Trinajstić information content (AvgIpc) is 3.62. The molecule has 41 heavy (non-hydrogen) atoms. The standard InChI is InChI=1S/C29H36N4O6S2/c1-4-40-31-15-19(16-31)33-27(34)24-18(2)25(26-30-11-14-38-26)41-28(24)32(29(33)35)17-23(39-20-9-12-37-13-10-20)21-7-5-6-8-22(21)36-3/h5-8,11,14,18-20,23,25H,4,9-10,12-13,15-17H2,1-3H3. The molecule has 3 unspecified atom stereocenters. The molecule has 0 saturated carbocycles. The van der Waals surface area contributed by atoms with Gasteiger partial charge in [-0.15, -0.1) is 0 Å². The first-order valence-electron chi connectivity index (χ1n) is 14.2.